The summed E-state index contributed by atoms with van der Waals surface area (Å²) in [4.78, 5) is 11.3. The van der Waals surface area contributed by atoms with Crippen LogP contribution >= 0.6 is 11.6 Å². The van der Waals surface area contributed by atoms with Gasteiger partial charge in [-0.05, 0) is 36.6 Å². The Balaban J connectivity index is 2.99. The van der Waals surface area contributed by atoms with Gasteiger partial charge in [0.05, 0.1) is 12.7 Å². The van der Waals surface area contributed by atoms with Crippen LogP contribution in [0.5, 0.6) is 5.75 Å². The quantitative estimate of drug-likeness (QED) is 0.592. The summed E-state index contributed by atoms with van der Waals surface area (Å²) in [5.41, 5.74) is 0.808. The van der Waals surface area contributed by atoms with Gasteiger partial charge in [0, 0.05) is 5.88 Å². The number of benzene rings is 1. The number of hydrogen-bond acceptors (Lipinski definition) is 3. The molecule has 0 saturated heterocycles. The van der Waals surface area contributed by atoms with Crippen molar-refractivity contribution in [2.45, 2.75) is 19.5 Å². The standard InChI is InChI=1S/C12H13ClF2O3/c1-17-11(16)9-4-5-10(18-12(14)15)8(7-9)3-2-6-13/h4-5,7,12H,2-3,6H2,1H3. The zero-order valence-electron chi connectivity index (χ0n) is 9.79. The zero-order chi connectivity index (χ0) is 13.5. The van der Waals surface area contributed by atoms with E-state index in [0.717, 1.165) is 0 Å². The Kier molecular flexibility index (Phi) is 5.85. The lowest BCUT2D eigenvalue weighted by Gasteiger charge is -2.11. The van der Waals surface area contributed by atoms with Crippen molar-refractivity contribution in [2.24, 2.45) is 0 Å². The summed E-state index contributed by atoms with van der Waals surface area (Å²) in [5, 5.41) is 0. The minimum atomic E-state index is -2.90. The van der Waals surface area contributed by atoms with E-state index in [1.54, 1.807) is 0 Å². The second-order valence-corrected chi connectivity index (χ2v) is 3.86. The van der Waals surface area contributed by atoms with Crippen LogP contribution < -0.4 is 4.74 Å². The van der Waals surface area contributed by atoms with Crippen molar-refractivity contribution in [2.75, 3.05) is 13.0 Å². The molecule has 6 heteroatoms. The van der Waals surface area contributed by atoms with Gasteiger partial charge in [-0.1, -0.05) is 0 Å². The summed E-state index contributed by atoms with van der Waals surface area (Å²) in [7, 11) is 1.25. The van der Waals surface area contributed by atoms with Crippen LogP contribution in [0.1, 0.15) is 22.3 Å². The molecule has 3 nitrogen and oxygen atoms in total. The third kappa shape index (κ3) is 4.14. The number of carbonyl (C=O) groups is 1. The molecule has 0 radical (unpaired) electrons. The molecule has 0 aliphatic heterocycles. The first-order valence-electron chi connectivity index (χ1n) is 5.30. The first-order valence-corrected chi connectivity index (χ1v) is 5.84. The molecule has 0 unspecified atom stereocenters. The van der Waals surface area contributed by atoms with Gasteiger partial charge in [-0.2, -0.15) is 8.78 Å². The van der Waals surface area contributed by atoms with Crippen LogP contribution in [0.15, 0.2) is 18.2 Å². The van der Waals surface area contributed by atoms with E-state index in [0.29, 0.717) is 29.8 Å². The summed E-state index contributed by atoms with van der Waals surface area (Å²) in [5.74, 6) is -0.0650. The number of ether oxygens (including phenoxy) is 2. The van der Waals surface area contributed by atoms with Crippen molar-refractivity contribution in [1.29, 1.82) is 0 Å². The van der Waals surface area contributed by atoms with Gasteiger partial charge in [0.25, 0.3) is 0 Å². The number of aryl methyl sites for hydroxylation is 1. The summed E-state index contributed by atoms with van der Waals surface area (Å²) >= 11 is 5.56. The second-order valence-electron chi connectivity index (χ2n) is 3.49. The number of carbonyl (C=O) groups excluding carboxylic acids is 1. The average molecular weight is 279 g/mol. The van der Waals surface area contributed by atoms with Gasteiger partial charge in [-0.15, -0.1) is 11.6 Å². The van der Waals surface area contributed by atoms with Gasteiger partial charge in [0.15, 0.2) is 0 Å². The molecule has 18 heavy (non-hydrogen) atoms. The fraction of sp³-hybridized carbons (Fsp3) is 0.417. The highest BCUT2D eigenvalue weighted by molar-refractivity contribution is 6.17. The van der Waals surface area contributed by atoms with Gasteiger partial charge < -0.3 is 9.47 Å². The molecule has 0 atom stereocenters. The van der Waals surface area contributed by atoms with Crippen molar-refractivity contribution >= 4 is 17.6 Å². The molecule has 0 N–H and O–H groups in total. The molecule has 0 aliphatic carbocycles. The highest BCUT2D eigenvalue weighted by Crippen LogP contribution is 2.24. The third-order valence-electron chi connectivity index (χ3n) is 2.28. The normalized spacial score (nSPS) is 10.5. The Morgan fingerprint density at radius 1 is 1.44 bits per heavy atom. The topological polar surface area (TPSA) is 35.5 Å². The van der Waals surface area contributed by atoms with Gasteiger partial charge in [-0.25, -0.2) is 4.79 Å². The summed E-state index contributed by atoms with van der Waals surface area (Å²) in [6, 6.07) is 4.20. The fourth-order valence-electron chi connectivity index (χ4n) is 1.49. The van der Waals surface area contributed by atoms with Crippen molar-refractivity contribution in [3.8, 4) is 5.75 Å². The molecule has 0 aliphatic rings. The molecule has 1 rings (SSSR count). The largest absolute Gasteiger partial charge is 0.465 e. The van der Waals surface area contributed by atoms with E-state index in [-0.39, 0.29) is 5.75 Å². The van der Waals surface area contributed by atoms with E-state index in [1.165, 1.54) is 25.3 Å². The molecule has 1 aromatic carbocycles. The van der Waals surface area contributed by atoms with Crippen LogP contribution in [0.3, 0.4) is 0 Å². The highest BCUT2D eigenvalue weighted by Gasteiger charge is 2.13. The summed E-state index contributed by atoms with van der Waals surface area (Å²) < 4.78 is 33.4. The number of rotatable bonds is 6. The molecule has 0 saturated carbocycles. The van der Waals surface area contributed by atoms with Crippen LogP contribution in [-0.2, 0) is 11.2 Å². The molecule has 0 spiro atoms. The Morgan fingerprint density at radius 3 is 2.72 bits per heavy atom. The molecule has 0 amide bonds. The number of halogens is 3. The van der Waals surface area contributed by atoms with Gasteiger partial charge in [0.1, 0.15) is 5.75 Å². The number of alkyl halides is 3. The lowest BCUT2D eigenvalue weighted by molar-refractivity contribution is -0.0504. The smallest absolute Gasteiger partial charge is 0.387 e. The predicted octanol–water partition coefficient (Wildman–Crippen LogP) is 3.25. The highest BCUT2D eigenvalue weighted by atomic mass is 35.5. The van der Waals surface area contributed by atoms with E-state index >= 15 is 0 Å². The van der Waals surface area contributed by atoms with Crippen LogP contribution in [0.2, 0.25) is 0 Å². The summed E-state index contributed by atoms with van der Waals surface area (Å²) in [6.07, 6.45) is 1.06. The lowest BCUT2D eigenvalue weighted by atomic mass is 10.1. The van der Waals surface area contributed by atoms with Gasteiger partial charge in [0.2, 0.25) is 0 Å². The zero-order valence-corrected chi connectivity index (χ0v) is 10.5. The Morgan fingerprint density at radius 2 is 2.17 bits per heavy atom. The molecular formula is C12H13ClF2O3. The first kappa shape index (κ1) is 14.7. The monoisotopic (exact) mass is 278 g/mol. The molecule has 0 aromatic heterocycles. The molecular weight excluding hydrogens is 266 g/mol. The molecule has 100 valence electrons. The fourth-order valence-corrected chi connectivity index (χ4v) is 1.62. The molecule has 1 aromatic rings. The van der Waals surface area contributed by atoms with E-state index < -0.39 is 12.6 Å². The van der Waals surface area contributed by atoms with Crippen molar-refractivity contribution in [3.05, 3.63) is 29.3 Å². The third-order valence-corrected chi connectivity index (χ3v) is 2.54. The van der Waals surface area contributed by atoms with Crippen LogP contribution in [0.25, 0.3) is 0 Å². The minimum Gasteiger partial charge on any atom is -0.465 e. The van der Waals surface area contributed by atoms with E-state index in [1.807, 2.05) is 0 Å². The maximum Gasteiger partial charge on any atom is 0.387 e. The van der Waals surface area contributed by atoms with E-state index in [4.69, 9.17) is 11.6 Å². The van der Waals surface area contributed by atoms with Crippen molar-refractivity contribution in [1.82, 2.24) is 0 Å². The molecule has 0 heterocycles. The summed E-state index contributed by atoms with van der Waals surface area (Å²) in [6.45, 7) is -2.90. The van der Waals surface area contributed by atoms with Crippen molar-refractivity contribution < 1.29 is 23.0 Å². The maximum atomic E-state index is 12.2. The first-order chi connectivity index (χ1) is 8.58. The van der Waals surface area contributed by atoms with E-state index in [9.17, 15) is 13.6 Å². The minimum absolute atomic E-state index is 0.0581. The van der Waals surface area contributed by atoms with Gasteiger partial charge >= 0.3 is 12.6 Å². The van der Waals surface area contributed by atoms with Gasteiger partial charge in [-0.3, -0.25) is 0 Å². The number of methoxy groups -OCH3 is 1. The maximum absolute atomic E-state index is 12.2. The lowest BCUT2D eigenvalue weighted by Crippen LogP contribution is -2.07. The van der Waals surface area contributed by atoms with E-state index in [2.05, 4.69) is 9.47 Å². The Labute approximate surface area is 109 Å². The average Bonchev–Trinajstić information content (AvgIpc) is 2.36. The van der Waals surface area contributed by atoms with Crippen molar-refractivity contribution in [3.63, 3.8) is 0 Å². The second kappa shape index (κ2) is 7.16. The Hall–Kier alpha value is -1.36. The number of hydrogen-bond donors (Lipinski definition) is 0. The Bertz CT molecular complexity index is 410. The SMILES string of the molecule is COC(=O)c1ccc(OC(F)F)c(CCCCl)c1. The molecule has 0 bridgehead atoms. The van der Waals surface area contributed by atoms with Crippen LogP contribution in [0, 0.1) is 0 Å². The van der Waals surface area contributed by atoms with Crippen LogP contribution in [0.4, 0.5) is 8.78 Å². The number of esters is 1. The predicted molar refractivity (Wildman–Crippen MR) is 63.5 cm³/mol. The van der Waals surface area contributed by atoms with Crippen LogP contribution in [-0.4, -0.2) is 25.6 Å². The molecule has 0 fully saturated rings.